The molecule has 0 radical (unpaired) electrons. The van der Waals surface area contributed by atoms with Crippen molar-refractivity contribution in [3.8, 4) is 0 Å². The highest BCUT2D eigenvalue weighted by molar-refractivity contribution is 6.01. The van der Waals surface area contributed by atoms with Crippen molar-refractivity contribution in [1.29, 1.82) is 0 Å². The van der Waals surface area contributed by atoms with Crippen LogP contribution in [-0.2, 0) is 6.54 Å². The molecule has 23 heavy (non-hydrogen) atoms. The van der Waals surface area contributed by atoms with Crippen molar-refractivity contribution < 1.29 is 19.2 Å². The fourth-order valence-electron chi connectivity index (χ4n) is 2.03. The second kappa shape index (κ2) is 6.14. The van der Waals surface area contributed by atoms with Gasteiger partial charge in [-0.1, -0.05) is 5.16 Å². The van der Waals surface area contributed by atoms with Crippen LogP contribution in [0.1, 0.15) is 16.1 Å². The Balaban J connectivity index is 1.66. The van der Waals surface area contributed by atoms with E-state index in [-0.39, 0.29) is 17.3 Å². The van der Waals surface area contributed by atoms with Crippen molar-refractivity contribution in [2.75, 3.05) is 5.32 Å². The van der Waals surface area contributed by atoms with Crippen LogP contribution in [0.25, 0.3) is 11.0 Å². The van der Waals surface area contributed by atoms with Crippen LogP contribution in [0.2, 0.25) is 0 Å². The Morgan fingerprint density at radius 2 is 1.96 bits per heavy atom. The van der Waals surface area contributed by atoms with Crippen LogP contribution in [0.15, 0.2) is 47.2 Å². The van der Waals surface area contributed by atoms with Crippen LogP contribution < -0.4 is 10.6 Å². The number of anilines is 1. The zero-order chi connectivity index (χ0) is 16.2. The number of benzene rings is 1. The number of urea groups is 1. The second-order valence-corrected chi connectivity index (χ2v) is 4.71. The van der Waals surface area contributed by atoms with E-state index in [0.29, 0.717) is 17.6 Å². The summed E-state index contributed by atoms with van der Waals surface area (Å²) in [4.78, 5) is 26.7. The number of fused-ring (bicyclic) bond motifs is 1. The van der Waals surface area contributed by atoms with Gasteiger partial charge in [-0.05, 0) is 29.8 Å². The van der Waals surface area contributed by atoms with E-state index in [1.54, 1.807) is 30.6 Å². The maximum absolute atomic E-state index is 11.9. The molecule has 0 saturated heterocycles. The molecule has 3 N–H and O–H groups in total. The molecular weight excluding hydrogens is 300 g/mol. The summed E-state index contributed by atoms with van der Waals surface area (Å²) in [5.74, 6) is -1.17. The van der Waals surface area contributed by atoms with Gasteiger partial charge in [0.05, 0.1) is 5.39 Å². The predicted octanol–water partition coefficient (Wildman–Crippen LogP) is 2.24. The standard InChI is InChI=1S/C15H12N4O4/c20-14(21)13-11-2-1-10(7-12(11)23-19-13)18-15(22)17-8-9-3-5-16-6-4-9/h1-7H,8H2,(H,20,21)(H2,17,18,22). The van der Waals surface area contributed by atoms with E-state index in [9.17, 15) is 9.59 Å². The molecule has 2 amide bonds. The van der Waals surface area contributed by atoms with E-state index < -0.39 is 5.97 Å². The third-order valence-electron chi connectivity index (χ3n) is 3.13. The van der Waals surface area contributed by atoms with Crippen LogP contribution >= 0.6 is 0 Å². The monoisotopic (exact) mass is 312 g/mol. The molecule has 0 aliphatic carbocycles. The molecule has 2 heterocycles. The summed E-state index contributed by atoms with van der Waals surface area (Å²) in [7, 11) is 0. The van der Waals surface area contributed by atoms with Gasteiger partial charge in [-0.25, -0.2) is 9.59 Å². The number of hydrogen-bond acceptors (Lipinski definition) is 5. The Labute approximate surface area is 130 Å². The molecule has 8 heteroatoms. The number of rotatable bonds is 4. The van der Waals surface area contributed by atoms with Crippen LogP contribution in [-0.4, -0.2) is 27.2 Å². The van der Waals surface area contributed by atoms with Gasteiger partial charge in [0.25, 0.3) is 0 Å². The van der Waals surface area contributed by atoms with Gasteiger partial charge in [0, 0.05) is 30.7 Å². The van der Waals surface area contributed by atoms with Gasteiger partial charge in [-0.3, -0.25) is 4.98 Å². The average Bonchev–Trinajstić information content (AvgIpc) is 2.97. The topological polar surface area (TPSA) is 117 Å². The van der Waals surface area contributed by atoms with E-state index >= 15 is 0 Å². The number of carboxylic acid groups (broad SMARTS) is 1. The van der Waals surface area contributed by atoms with E-state index in [2.05, 4.69) is 20.8 Å². The molecule has 0 atom stereocenters. The molecular formula is C15H12N4O4. The van der Waals surface area contributed by atoms with Crippen LogP contribution in [0.3, 0.4) is 0 Å². The van der Waals surface area contributed by atoms with Gasteiger partial charge < -0.3 is 20.3 Å². The molecule has 0 fully saturated rings. The van der Waals surface area contributed by atoms with Gasteiger partial charge in [0.1, 0.15) is 0 Å². The first-order valence-corrected chi connectivity index (χ1v) is 6.70. The summed E-state index contributed by atoms with van der Waals surface area (Å²) in [6, 6.07) is 7.84. The van der Waals surface area contributed by atoms with Crippen molar-refractivity contribution in [3.05, 3.63) is 54.0 Å². The molecule has 3 aromatic rings. The minimum atomic E-state index is -1.17. The van der Waals surface area contributed by atoms with Crippen molar-refractivity contribution in [2.45, 2.75) is 6.54 Å². The highest BCUT2D eigenvalue weighted by Crippen LogP contribution is 2.22. The van der Waals surface area contributed by atoms with Gasteiger partial charge in [-0.2, -0.15) is 0 Å². The largest absolute Gasteiger partial charge is 0.476 e. The SMILES string of the molecule is O=C(NCc1ccncc1)Nc1ccc2c(C(=O)O)noc2c1. The molecule has 0 aliphatic rings. The molecule has 0 unspecified atom stereocenters. The van der Waals surface area contributed by atoms with Gasteiger partial charge in [0.2, 0.25) is 0 Å². The second-order valence-electron chi connectivity index (χ2n) is 4.71. The van der Waals surface area contributed by atoms with Crippen molar-refractivity contribution in [1.82, 2.24) is 15.5 Å². The first-order valence-electron chi connectivity index (χ1n) is 6.70. The number of carbonyl (C=O) groups is 2. The number of amides is 2. The van der Waals surface area contributed by atoms with E-state index in [0.717, 1.165) is 5.56 Å². The summed E-state index contributed by atoms with van der Waals surface area (Å²) in [5.41, 5.74) is 1.52. The molecule has 0 aliphatic heterocycles. The third kappa shape index (κ3) is 3.26. The number of pyridine rings is 1. The lowest BCUT2D eigenvalue weighted by Crippen LogP contribution is -2.28. The minimum absolute atomic E-state index is 0.159. The zero-order valence-electron chi connectivity index (χ0n) is 11.8. The van der Waals surface area contributed by atoms with Crippen molar-refractivity contribution in [3.63, 3.8) is 0 Å². The lowest BCUT2D eigenvalue weighted by atomic mass is 10.2. The fraction of sp³-hybridized carbons (Fsp3) is 0.0667. The van der Waals surface area contributed by atoms with Gasteiger partial charge >= 0.3 is 12.0 Å². The number of hydrogen-bond donors (Lipinski definition) is 3. The molecule has 0 bridgehead atoms. The highest BCUT2D eigenvalue weighted by atomic mass is 16.5. The Morgan fingerprint density at radius 3 is 2.70 bits per heavy atom. The van der Waals surface area contributed by atoms with Crippen molar-refractivity contribution in [2.24, 2.45) is 0 Å². The average molecular weight is 312 g/mol. The van der Waals surface area contributed by atoms with E-state index in [1.165, 1.54) is 12.1 Å². The summed E-state index contributed by atoms with van der Waals surface area (Å²) < 4.78 is 4.95. The summed E-state index contributed by atoms with van der Waals surface area (Å²) in [5, 5.41) is 18.2. The molecule has 8 nitrogen and oxygen atoms in total. The van der Waals surface area contributed by atoms with E-state index in [1.807, 2.05) is 0 Å². The maximum atomic E-state index is 11.9. The molecule has 3 rings (SSSR count). The third-order valence-corrected chi connectivity index (χ3v) is 3.13. The minimum Gasteiger partial charge on any atom is -0.476 e. The molecule has 1 aromatic carbocycles. The Kier molecular flexibility index (Phi) is 3.88. The number of carboxylic acids is 1. The predicted molar refractivity (Wildman–Crippen MR) is 81.1 cm³/mol. The molecule has 0 saturated carbocycles. The Bertz CT molecular complexity index is 860. The number of nitrogens with zero attached hydrogens (tertiary/aromatic N) is 2. The molecule has 2 aromatic heterocycles. The maximum Gasteiger partial charge on any atom is 0.358 e. The lowest BCUT2D eigenvalue weighted by Gasteiger charge is -2.07. The van der Waals surface area contributed by atoms with Gasteiger partial charge in [0.15, 0.2) is 11.3 Å². The fourth-order valence-corrected chi connectivity index (χ4v) is 2.03. The zero-order valence-corrected chi connectivity index (χ0v) is 11.8. The normalized spacial score (nSPS) is 10.4. The highest BCUT2D eigenvalue weighted by Gasteiger charge is 2.15. The van der Waals surface area contributed by atoms with Crippen LogP contribution in [0.5, 0.6) is 0 Å². The van der Waals surface area contributed by atoms with E-state index in [4.69, 9.17) is 9.63 Å². The lowest BCUT2D eigenvalue weighted by molar-refractivity contribution is 0.0688. The summed E-state index contributed by atoms with van der Waals surface area (Å²) in [6.45, 7) is 0.363. The number of aromatic nitrogens is 2. The smallest absolute Gasteiger partial charge is 0.358 e. The summed E-state index contributed by atoms with van der Waals surface area (Å²) >= 11 is 0. The van der Waals surface area contributed by atoms with Crippen LogP contribution in [0, 0.1) is 0 Å². The Morgan fingerprint density at radius 1 is 1.17 bits per heavy atom. The first-order chi connectivity index (χ1) is 11.1. The number of aromatic carboxylic acids is 1. The number of nitrogens with one attached hydrogen (secondary N) is 2. The summed E-state index contributed by atoms with van der Waals surface area (Å²) in [6.07, 6.45) is 3.29. The first kappa shape index (κ1) is 14.5. The van der Waals surface area contributed by atoms with Gasteiger partial charge in [-0.15, -0.1) is 0 Å². The Hall–Kier alpha value is -3.42. The number of carbonyl (C=O) groups excluding carboxylic acids is 1. The molecule has 116 valence electrons. The quantitative estimate of drug-likeness (QED) is 0.680. The molecule has 0 spiro atoms. The van der Waals surface area contributed by atoms with Crippen molar-refractivity contribution >= 4 is 28.7 Å². The van der Waals surface area contributed by atoms with Crippen LogP contribution in [0.4, 0.5) is 10.5 Å².